The average Bonchev–Trinajstić information content (AvgIpc) is 3.10. The summed E-state index contributed by atoms with van der Waals surface area (Å²) in [6, 6.07) is 5.64. The van der Waals surface area contributed by atoms with Gasteiger partial charge in [-0.05, 0) is 43.3 Å². The fourth-order valence-electron chi connectivity index (χ4n) is 2.79. The van der Waals surface area contributed by atoms with Crippen molar-refractivity contribution in [3.05, 3.63) is 59.4 Å². The van der Waals surface area contributed by atoms with Gasteiger partial charge in [0.25, 0.3) is 11.8 Å². The number of carbonyl (C=O) groups is 3. The molecule has 0 fully saturated rings. The van der Waals surface area contributed by atoms with E-state index in [1.807, 2.05) is 0 Å². The van der Waals surface area contributed by atoms with Crippen molar-refractivity contribution in [2.24, 2.45) is 10.7 Å². The summed E-state index contributed by atoms with van der Waals surface area (Å²) in [6.45, 7) is 1.44. The monoisotopic (exact) mass is 419 g/mol. The van der Waals surface area contributed by atoms with Gasteiger partial charge in [0.2, 0.25) is 5.91 Å². The molecule has 1 heterocycles. The number of halogens is 3. The van der Waals surface area contributed by atoms with E-state index in [9.17, 15) is 27.6 Å². The molecule has 8 nitrogen and oxygen atoms in total. The number of hydrogen-bond acceptors (Lipinski definition) is 5. The molecule has 1 aliphatic heterocycles. The van der Waals surface area contributed by atoms with Gasteiger partial charge in [-0.2, -0.15) is 0 Å². The number of nitrogens with two attached hydrogens (primary N) is 1. The quantitative estimate of drug-likeness (QED) is 0.549. The minimum atomic E-state index is -1.60. The van der Waals surface area contributed by atoms with Crippen molar-refractivity contribution in [1.29, 1.82) is 0 Å². The number of benzene rings is 2. The van der Waals surface area contributed by atoms with E-state index in [2.05, 4.69) is 20.9 Å². The molecule has 0 aromatic heterocycles. The van der Waals surface area contributed by atoms with Crippen LogP contribution in [-0.4, -0.2) is 35.6 Å². The molecular formula is C19H16F3N5O3. The zero-order valence-electron chi connectivity index (χ0n) is 15.5. The van der Waals surface area contributed by atoms with Crippen LogP contribution in [-0.2, 0) is 9.59 Å². The van der Waals surface area contributed by atoms with Gasteiger partial charge in [-0.25, -0.2) is 13.2 Å². The molecule has 5 N–H and O–H groups in total. The first-order chi connectivity index (χ1) is 14.1. The molecule has 156 valence electrons. The van der Waals surface area contributed by atoms with E-state index in [0.717, 1.165) is 0 Å². The molecule has 0 spiro atoms. The van der Waals surface area contributed by atoms with Gasteiger partial charge in [0.15, 0.2) is 17.7 Å². The van der Waals surface area contributed by atoms with Crippen LogP contribution in [0.4, 0.5) is 24.5 Å². The average molecular weight is 419 g/mol. The molecule has 2 unspecified atom stereocenters. The molecule has 2 atom stereocenters. The van der Waals surface area contributed by atoms with Crippen LogP contribution in [0.1, 0.15) is 17.3 Å². The third-order valence-electron chi connectivity index (χ3n) is 4.58. The number of anilines is 2. The fourth-order valence-corrected chi connectivity index (χ4v) is 2.79. The number of amides is 3. The van der Waals surface area contributed by atoms with Crippen LogP contribution < -0.4 is 21.7 Å². The predicted molar refractivity (Wildman–Crippen MR) is 102 cm³/mol. The third kappa shape index (κ3) is 3.81. The van der Waals surface area contributed by atoms with E-state index < -0.39 is 52.3 Å². The summed E-state index contributed by atoms with van der Waals surface area (Å²) in [4.78, 5) is 40.0. The normalized spacial score (nSPS) is 19.8. The topological polar surface area (TPSA) is 126 Å². The number of hydrogen-bond donors (Lipinski definition) is 4. The second-order valence-electron chi connectivity index (χ2n) is 6.63. The molecule has 3 amide bonds. The van der Waals surface area contributed by atoms with Crippen LogP contribution in [0.2, 0.25) is 0 Å². The van der Waals surface area contributed by atoms with Crippen molar-refractivity contribution in [2.75, 3.05) is 10.6 Å². The van der Waals surface area contributed by atoms with E-state index in [4.69, 9.17) is 5.73 Å². The Morgan fingerprint density at radius 2 is 1.57 bits per heavy atom. The van der Waals surface area contributed by atoms with E-state index >= 15 is 0 Å². The van der Waals surface area contributed by atoms with Crippen LogP contribution in [0, 0.1) is 17.5 Å². The molecule has 0 bridgehead atoms. The fraction of sp³-hybridized carbons (Fsp3) is 0.158. The maximum absolute atomic E-state index is 13.7. The Morgan fingerprint density at radius 1 is 1.00 bits per heavy atom. The van der Waals surface area contributed by atoms with Crippen molar-refractivity contribution < 1.29 is 27.6 Å². The Balaban J connectivity index is 1.69. The van der Waals surface area contributed by atoms with E-state index in [1.165, 1.54) is 37.5 Å². The summed E-state index contributed by atoms with van der Waals surface area (Å²) < 4.78 is 40.7. The Bertz CT molecular complexity index is 1060. The molecule has 2 aromatic carbocycles. The first-order valence-electron chi connectivity index (χ1n) is 8.58. The van der Waals surface area contributed by atoms with Gasteiger partial charge in [-0.3, -0.25) is 19.4 Å². The number of nitrogens with one attached hydrogen (secondary N) is 3. The Kier molecular flexibility index (Phi) is 5.45. The summed E-state index contributed by atoms with van der Waals surface area (Å²) in [5.41, 5.74) is 3.33. The van der Waals surface area contributed by atoms with Crippen LogP contribution in [0.15, 0.2) is 41.4 Å². The lowest BCUT2D eigenvalue weighted by atomic mass is 9.92. The van der Waals surface area contributed by atoms with Gasteiger partial charge in [0.05, 0.1) is 6.34 Å². The highest BCUT2D eigenvalue weighted by Gasteiger charge is 2.46. The Morgan fingerprint density at radius 3 is 2.17 bits per heavy atom. The molecule has 3 rings (SSSR count). The lowest BCUT2D eigenvalue weighted by molar-refractivity contribution is -0.128. The first kappa shape index (κ1) is 20.8. The predicted octanol–water partition coefficient (Wildman–Crippen LogP) is 1.54. The van der Waals surface area contributed by atoms with E-state index in [0.29, 0.717) is 17.8 Å². The highest BCUT2D eigenvalue weighted by atomic mass is 19.2. The van der Waals surface area contributed by atoms with Gasteiger partial charge in [0.1, 0.15) is 16.9 Å². The van der Waals surface area contributed by atoms with Crippen LogP contribution in [0.25, 0.3) is 0 Å². The van der Waals surface area contributed by atoms with Gasteiger partial charge in [0, 0.05) is 11.4 Å². The molecule has 1 aliphatic rings. The standard InChI is InChI=1S/C19H16F3N5O3/c1-19(18(23)30)15(24-8-25-19)17(29)27-10-4-2-9(3-5-10)26-16(28)13-11(20)6-7-12(21)14(13)22/h2-8,15H,1H3,(H2,23,30)(H,24,25)(H,26,28)(H,27,29). The van der Waals surface area contributed by atoms with Crippen LogP contribution >= 0.6 is 0 Å². The van der Waals surface area contributed by atoms with Crippen LogP contribution in [0.3, 0.4) is 0 Å². The lowest BCUT2D eigenvalue weighted by Crippen LogP contribution is -2.59. The lowest BCUT2D eigenvalue weighted by Gasteiger charge is -2.26. The number of rotatable bonds is 5. The van der Waals surface area contributed by atoms with Gasteiger partial charge >= 0.3 is 0 Å². The Hall–Kier alpha value is -3.89. The van der Waals surface area contributed by atoms with Crippen molar-refractivity contribution in [2.45, 2.75) is 18.5 Å². The largest absolute Gasteiger partial charge is 0.368 e. The maximum atomic E-state index is 13.7. The second kappa shape index (κ2) is 7.85. The molecule has 30 heavy (non-hydrogen) atoms. The molecule has 0 saturated heterocycles. The zero-order valence-corrected chi connectivity index (χ0v) is 15.5. The van der Waals surface area contributed by atoms with E-state index in [1.54, 1.807) is 0 Å². The molecule has 0 radical (unpaired) electrons. The van der Waals surface area contributed by atoms with Crippen LogP contribution in [0.5, 0.6) is 0 Å². The minimum absolute atomic E-state index is 0.142. The number of carbonyl (C=O) groups excluding carboxylic acids is 3. The second-order valence-corrected chi connectivity index (χ2v) is 6.63. The first-order valence-corrected chi connectivity index (χ1v) is 8.58. The maximum Gasteiger partial charge on any atom is 0.261 e. The summed E-state index contributed by atoms with van der Waals surface area (Å²) in [6.07, 6.45) is 1.22. The van der Waals surface area contributed by atoms with Crippen molar-refractivity contribution in [3.63, 3.8) is 0 Å². The van der Waals surface area contributed by atoms with Gasteiger partial charge in [-0.1, -0.05) is 0 Å². The highest BCUT2D eigenvalue weighted by Crippen LogP contribution is 2.22. The summed E-state index contributed by atoms with van der Waals surface area (Å²) in [5, 5.41) is 7.43. The summed E-state index contributed by atoms with van der Waals surface area (Å²) in [5.74, 6) is -6.69. The van der Waals surface area contributed by atoms with Crippen molar-refractivity contribution >= 4 is 35.4 Å². The third-order valence-corrected chi connectivity index (χ3v) is 4.58. The Labute approximate surface area is 168 Å². The summed E-state index contributed by atoms with van der Waals surface area (Å²) >= 11 is 0. The minimum Gasteiger partial charge on any atom is -0.368 e. The van der Waals surface area contributed by atoms with Crippen molar-refractivity contribution in [1.82, 2.24) is 5.32 Å². The number of aliphatic imine (C=N–C) groups is 1. The molecule has 2 aromatic rings. The van der Waals surface area contributed by atoms with Gasteiger partial charge < -0.3 is 21.7 Å². The molecule has 0 saturated carbocycles. The van der Waals surface area contributed by atoms with Gasteiger partial charge in [-0.15, -0.1) is 0 Å². The molecule has 11 heteroatoms. The smallest absolute Gasteiger partial charge is 0.261 e. The zero-order chi connectivity index (χ0) is 22.1. The highest BCUT2D eigenvalue weighted by molar-refractivity contribution is 6.06. The SMILES string of the molecule is CC1(C(N)=O)NC=NC1C(=O)Nc1ccc(NC(=O)c2c(F)ccc(F)c2F)cc1. The van der Waals surface area contributed by atoms with E-state index in [-0.39, 0.29) is 5.69 Å². The molecular weight excluding hydrogens is 403 g/mol. The number of nitrogens with zero attached hydrogens (tertiary/aromatic N) is 1. The number of primary amides is 1. The molecule has 0 aliphatic carbocycles. The van der Waals surface area contributed by atoms with Crippen molar-refractivity contribution in [3.8, 4) is 0 Å². The summed E-state index contributed by atoms with van der Waals surface area (Å²) in [7, 11) is 0.